The van der Waals surface area contributed by atoms with Crippen LogP contribution in [0.25, 0.3) is 11.4 Å². The van der Waals surface area contributed by atoms with Crippen LogP contribution in [0.3, 0.4) is 0 Å². The Morgan fingerprint density at radius 3 is 2.88 bits per heavy atom. The van der Waals surface area contributed by atoms with E-state index in [0.29, 0.717) is 24.1 Å². The molecule has 1 fully saturated rings. The van der Waals surface area contributed by atoms with Crippen LogP contribution in [0.2, 0.25) is 0 Å². The number of carbonyl (C=O) groups excluding carboxylic acids is 1. The van der Waals surface area contributed by atoms with Crippen LogP contribution in [0, 0.1) is 5.82 Å². The number of carbonyl (C=O) groups is 1. The molecule has 0 bridgehead atoms. The van der Waals surface area contributed by atoms with E-state index in [-0.39, 0.29) is 23.6 Å². The van der Waals surface area contributed by atoms with Gasteiger partial charge >= 0.3 is 0 Å². The molecular weight excluding hydrogens is 355 g/mol. The van der Waals surface area contributed by atoms with Crippen molar-refractivity contribution in [1.82, 2.24) is 20.1 Å². The van der Waals surface area contributed by atoms with Crippen LogP contribution in [-0.2, 0) is 16.1 Å². The van der Waals surface area contributed by atoms with Crippen molar-refractivity contribution in [3.8, 4) is 11.4 Å². The van der Waals surface area contributed by atoms with E-state index >= 15 is 0 Å². The van der Waals surface area contributed by atoms with Crippen LogP contribution < -0.4 is 5.32 Å². The normalized spacial score (nSPS) is 16.8. The average molecular weight is 378 g/mol. The number of nitrogens with zero attached hydrogens (tertiary/aromatic N) is 3. The van der Waals surface area contributed by atoms with Crippen LogP contribution in [0.5, 0.6) is 0 Å². The van der Waals surface area contributed by atoms with Crippen molar-refractivity contribution in [2.24, 2.45) is 0 Å². The van der Waals surface area contributed by atoms with Crippen LogP contribution in [-0.4, -0.2) is 45.7 Å². The zero-order valence-corrected chi connectivity index (χ0v) is 15.6. The Labute approximate surface area is 156 Å². The Kier molecular flexibility index (Phi) is 6.62. The summed E-state index contributed by atoms with van der Waals surface area (Å²) in [6.07, 6.45) is 3.04. The quantitative estimate of drug-likeness (QED) is 0.716. The van der Waals surface area contributed by atoms with Gasteiger partial charge in [0.05, 0.1) is 18.4 Å². The number of ether oxygens (including phenoxy) is 1. The van der Waals surface area contributed by atoms with Gasteiger partial charge in [-0.15, -0.1) is 10.2 Å². The minimum Gasteiger partial charge on any atom is -0.376 e. The first-order valence-electron chi connectivity index (χ1n) is 8.87. The fourth-order valence-corrected chi connectivity index (χ4v) is 3.59. The Morgan fingerprint density at radius 1 is 1.38 bits per heavy atom. The van der Waals surface area contributed by atoms with E-state index in [2.05, 4.69) is 15.5 Å². The van der Waals surface area contributed by atoms with E-state index in [4.69, 9.17) is 4.74 Å². The highest BCUT2D eigenvalue weighted by molar-refractivity contribution is 7.99. The number of hydrogen-bond acceptors (Lipinski definition) is 5. The molecule has 1 amide bonds. The summed E-state index contributed by atoms with van der Waals surface area (Å²) in [5, 5.41) is 12.1. The maximum Gasteiger partial charge on any atom is 0.230 e. The second kappa shape index (κ2) is 9.14. The highest BCUT2D eigenvalue weighted by atomic mass is 32.2. The lowest BCUT2D eigenvalue weighted by Crippen LogP contribution is -2.26. The van der Waals surface area contributed by atoms with Crippen molar-refractivity contribution in [3.63, 3.8) is 0 Å². The highest BCUT2D eigenvalue weighted by Gasteiger charge is 2.22. The van der Waals surface area contributed by atoms with Crippen LogP contribution in [0.15, 0.2) is 29.4 Å². The fraction of sp³-hybridized carbons (Fsp3) is 0.500. The summed E-state index contributed by atoms with van der Waals surface area (Å²) < 4.78 is 21.0. The summed E-state index contributed by atoms with van der Waals surface area (Å²) in [6, 6.07) is 6.19. The van der Waals surface area contributed by atoms with Gasteiger partial charge in [0.25, 0.3) is 0 Å². The monoisotopic (exact) mass is 378 g/mol. The van der Waals surface area contributed by atoms with Gasteiger partial charge in [-0.05, 0) is 43.5 Å². The number of nitrogens with one attached hydrogen (secondary N) is 1. The summed E-state index contributed by atoms with van der Waals surface area (Å²) in [5.74, 6) is 0.637. The van der Waals surface area contributed by atoms with Crippen molar-refractivity contribution in [1.29, 1.82) is 0 Å². The van der Waals surface area contributed by atoms with Crippen molar-refractivity contribution in [2.75, 3.05) is 18.9 Å². The van der Waals surface area contributed by atoms with Crippen molar-refractivity contribution in [3.05, 3.63) is 30.1 Å². The molecule has 2 heterocycles. The smallest absolute Gasteiger partial charge is 0.230 e. The summed E-state index contributed by atoms with van der Waals surface area (Å²) >= 11 is 1.36. The Bertz CT molecular complexity index is 729. The third-order valence-electron chi connectivity index (χ3n) is 4.13. The molecule has 1 atom stereocenters. The zero-order valence-electron chi connectivity index (χ0n) is 14.8. The third kappa shape index (κ3) is 4.82. The average Bonchev–Trinajstić information content (AvgIpc) is 3.29. The predicted octanol–water partition coefficient (Wildman–Crippen LogP) is 2.88. The van der Waals surface area contributed by atoms with Crippen molar-refractivity contribution in [2.45, 2.75) is 44.0 Å². The Hall–Kier alpha value is -1.93. The summed E-state index contributed by atoms with van der Waals surface area (Å²) in [6.45, 7) is 4.07. The van der Waals surface area contributed by atoms with Gasteiger partial charge in [0.2, 0.25) is 5.91 Å². The van der Waals surface area contributed by atoms with Gasteiger partial charge in [0.1, 0.15) is 5.82 Å². The van der Waals surface area contributed by atoms with Gasteiger partial charge in [-0.3, -0.25) is 9.36 Å². The number of rotatable bonds is 8. The molecule has 1 aliphatic rings. The molecule has 0 saturated carbocycles. The maximum absolute atomic E-state index is 13.2. The van der Waals surface area contributed by atoms with E-state index < -0.39 is 0 Å². The molecule has 0 spiro atoms. The topological polar surface area (TPSA) is 69.0 Å². The second-order valence-corrected chi connectivity index (χ2v) is 7.14. The number of aromatic nitrogens is 3. The van der Waals surface area contributed by atoms with Crippen molar-refractivity contribution < 1.29 is 13.9 Å². The lowest BCUT2D eigenvalue weighted by Gasteiger charge is -2.14. The molecule has 0 unspecified atom stereocenters. The zero-order chi connectivity index (χ0) is 18.4. The minimum atomic E-state index is -0.291. The molecule has 1 aliphatic heterocycles. The third-order valence-corrected chi connectivity index (χ3v) is 5.10. The molecule has 2 aromatic rings. The standard InChI is InChI=1S/C18H23FN4O2S/c1-2-9-20-16(24)12-26-18-22-21-17(13-5-7-14(19)8-6-13)23(18)11-15-4-3-10-25-15/h5-8,15H,2-4,9-12H2,1H3,(H,20,24)/t15-/m1/s1. The van der Waals surface area contributed by atoms with Gasteiger partial charge in [-0.1, -0.05) is 18.7 Å². The highest BCUT2D eigenvalue weighted by Crippen LogP contribution is 2.26. The van der Waals surface area contributed by atoms with Gasteiger partial charge in [0, 0.05) is 18.7 Å². The Morgan fingerprint density at radius 2 is 2.19 bits per heavy atom. The van der Waals surface area contributed by atoms with E-state index in [1.807, 2.05) is 11.5 Å². The second-order valence-electron chi connectivity index (χ2n) is 6.20. The SMILES string of the molecule is CCCNC(=O)CSc1nnc(-c2ccc(F)cc2)n1C[C@H]1CCCO1. The molecule has 0 aliphatic carbocycles. The van der Waals surface area contributed by atoms with E-state index in [1.54, 1.807) is 12.1 Å². The Balaban J connectivity index is 1.79. The molecule has 8 heteroatoms. The lowest BCUT2D eigenvalue weighted by molar-refractivity contribution is -0.118. The van der Waals surface area contributed by atoms with Gasteiger partial charge < -0.3 is 10.1 Å². The number of hydrogen-bond donors (Lipinski definition) is 1. The first-order chi connectivity index (χ1) is 12.7. The molecule has 1 aromatic carbocycles. The summed E-state index contributed by atoms with van der Waals surface area (Å²) in [4.78, 5) is 11.9. The first-order valence-corrected chi connectivity index (χ1v) is 9.86. The van der Waals surface area contributed by atoms with E-state index in [9.17, 15) is 9.18 Å². The molecule has 26 heavy (non-hydrogen) atoms. The predicted molar refractivity (Wildman–Crippen MR) is 98.4 cm³/mol. The van der Waals surface area contributed by atoms with Gasteiger partial charge in [-0.2, -0.15) is 0 Å². The molecule has 1 aromatic heterocycles. The van der Waals surface area contributed by atoms with E-state index in [0.717, 1.165) is 31.4 Å². The molecule has 3 rings (SSSR count). The largest absolute Gasteiger partial charge is 0.376 e. The maximum atomic E-state index is 13.2. The number of benzene rings is 1. The van der Waals surface area contributed by atoms with Gasteiger partial charge in [0.15, 0.2) is 11.0 Å². The first kappa shape index (κ1) is 18.8. The number of halogens is 1. The van der Waals surface area contributed by atoms with E-state index in [1.165, 1.54) is 23.9 Å². The molecule has 1 N–H and O–H groups in total. The molecule has 1 saturated heterocycles. The fourth-order valence-electron chi connectivity index (χ4n) is 2.81. The molecule has 6 nitrogen and oxygen atoms in total. The molecule has 140 valence electrons. The van der Waals surface area contributed by atoms with Crippen LogP contribution >= 0.6 is 11.8 Å². The lowest BCUT2D eigenvalue weighted by atomic mass is 10.2. The summed E-state index contributed by atoms with van der Waals surface area (Å²) in [7, 11) is 0. The van der Waals surface area contributed by atoms with Crippen molar-refractivity contribution >= 4 is 17.7 Å². The molecular formula is C18H23FN4O2S. The van der Waals surface area contributed by atoms with Crippen LogP contribution in [0.1, 0.15) is 26.2 Å². The van der Waals surface area contributed by atoms with Gasteiger partial charge in [-0.25, -0.2) is 4.39 Å². The number of thioether (sulfide) groups is 1. The molecule has 0 radical (unpaired) electrons. The van der Waals surface area contributed by atoms with Crippen LogP contribution in [0.4, 0.5) is 4.39 Å². The number of amides is 1. The summed E-state index contributed by atoms with van der Waals surface area (Å²) in [5.41, 5.74) is 0.791. The minimum absolute atomic E-state index is 0.0214.